The van der Waals surface area contributed by atoms with Crippen LogP contribution in [0.2, 0.25) is 0 Å². The molecule has 1 aromatic carbocycles. The van der Waals surface area contributed by atoms with Crippen molar-refractivity contribution in [3.63, 3.8) is 0 Å². The van der Waals surface area contributed by atoms with E-state index in [1.807, 2.05) is 6.92 Å². The van der Waals surface area contributed by atoms with Gasteiger partial charge in [-0.1, -0.05) is 25.8 Å². The molecule has 1 fully saturated rings. The second-order valence-corrected chi connectivity index (χ2v) is 11.7. The summed E-state index contributed by atoms with van der Waals surface area (Å²) in [4.78, 5) is 22.6. The Morgan fingerprint density at radius 3 is 2.61 bits per heavy atom. The number of amides is 2. The van der Waals surface area contributed by atoms with E-state index in [0.29, 0.717) is 5.56 Å². The quantitative estimate of drug-likeness (QED) is 0.603. The fraction of sp³-hybridized carbons (Fsp3) is 0.560. The Morgan fingerprint density at radius 1 is 1.25 bits per heavy atom. The first-order valence-corrected chi connectivity index (χ1v) is 13.8. The molecule has 2 amide bonds. The van der Waals surface area contributed by atoms with Gasteiger partial charge in [0.15, 0.2) is 0 Å². The summed E-state index contributed by atoms with van der Waals surface area (Å²) in [7, 11) is -2.22. The molecule has 4 rings (SSSR count). The first-order chi connectivity index (χ1) is 17.2. The van der Waals surface area contributed by atoms with Crippen LogP contribution in [-0.2, 0) is 10.0 Å². The topological polar surface area (TPSA) is 125 Å². The highest BCUT2D eigenvalue weighted by Crippen LogP contribution is 2.36. The number of carbonyl (C=O) groups is 1. The molecule has 2 N–H and O–H groups in total. The number of aliphatic hydroxyl groups is 1. The van der Waals surface area contributed by atoms with Crippen LogP contribution in [0.5, 0.6) is 5.75 Å². The first-order valence-electron chi connectivity index (χ1n) is 12.4. The van der Waals surface area contributed by atoms with E-state index in [1.165, 1.54) is 16.7 Å². The summed E-state index contributed by atoms with van der Waals surface area (Å²) in [5.74, 6) is -0.0555. The minimum atomic E-state index is -3.95. The van der Waals surface area contributed by atoms with E-state index >= 15 is 0 Å². The number of benzene rings is 1. The maximum absolute atomic E-state index is 13.6. The van der Waals surface area contributed by atoms with Crippen molar-refractivity contribution in [1.82, 2.24) is 24.5 Å². The van der Waals surface area contributed by atoms with Crippen molar-refractivity contribution in [2.24, 2.45) is 5.92 Å². The SMILES string of the molecule is C[C@H](CO)N1C[C@H](C)[C@H](CN(C)C(=O)NC2CCCC2)Oc2cc(-c3cncnc3)ccc2S1(=O)=O. The average Bonchev–Trinajstić information content (AvgIpc) is 3.39. The van der Waals surface area contributed by atoms with Gasteiger partial charge in [-0.05, 0) is 37.5 Å². The summed E-state index contributed by atoms with van der Waals surface area (Å²) in [6.45, 7) is 3.70. The molecule has 11 heteroatoms. The van der Waals surface area contributed by atoms with E-state index in [0.717, 1.165) is 31.2 Å². The fourth-order valence-corrected chi connectivity index (χ4v) is 6.60. The third-order valence-electron chi connectivity index (χ3n) is 7.04. The van der Waals surface area contributed by atoms with Gasteiger partial charge in [0.2, 0.25) is 10.0 Å². The molecule has 0 unspecified atom stereocenters. The van der Waals surface area contributed by atoms with Gasteiger partial charge < -0.3 is 20.1 Å². The fourth-order valence-electron chi connectivity index (χ4n) is 4.78. The number of carbonyl (C=O) groups excluding carboxylic acids is 1. The van der Waals surface area contributed by atoms with Crippen LogP contribution >= 0.6 is 0 Å². The van der Waals surface area contributed by atoms with Crippen molar-refractivity contribution in [3.8, 4) is 16.9 Å². The van der Waals surface area contributed by atoms with Crippen molar-refractivity contribution in [1.29, 1.82) is 0 Å². The lowest BCUT2D eigenvalue weighted by Crippen LogP contribution is -2.51. The molecule has 2 aromatic rings. The van der Waals surface area contributed by atoms with Gasteiger partial charge in [0.05, 0.1) is 13.2 Å². The molecule has 2 aliphatic rings. The van der Waals surface area contributed by atoms with E-state index in [1.54, 1.807) is 43.4 Å². The van der Waals surface area contributed by atoms with Crippen LogP contribution in [0.4, 0.5) is 4.79 Å². The second-order valence-electron chi connectivity index (χ2n) is 9.84. The van der Waals surface area contributed by atoms with Gasteiger partial charge in [-0.3, -0.25) is 0 Å². The Labute approximate surface area is 212 Å². The molecule has 0 spiro atoms. The number of likely N-dealkylation sites (N-methyl/N-ethyl adjacent to an activating group) is 1. The minimum absolute atomic E-state index is 0.0263. The first kappa shape index (κ1) is 26.3. The summed E-state index contributed by atoms with van der Waals surface area (Å²) >= 11 is 0. The molecule has 1 aliphatic carbocycles. The van der Waals surface area contributed by atoms with Gasteiger partial charge in [0.25, 0.3) is 0 Å². The van der Waals surface area contributed by atoms with Crippen molar-refractivity contribution in [2.45, 2.75) is 62.6 Å². The summed E-state index contributed by atoms with van der Waals surface area (Å²) in [5, 5.41) is 12.9. The smallest absolute Gasteiger partial charge is 0.317 e. The van der Waals surface area contributed by atoms with Crippen LogP contribution in [0.25, 0.3) is 11.1 Å². The monoisotopic (exact) mass is 517 g/mol. The number of ether oxygens (including phenoxy) is 1. The molecule has 10 nitrogen and oxygen atoms in total. The predicted molar refractivity (Wildman–Crippen MR) is 135 cm³/mol. The number of nitrogens with one attached hydrogen (secondary N) is 1. The summed E-state index contributed by atoms with van der Waals surface area (Å²) < 4.78 is 35.0. The zero-order valence-corrected chi connectivity index (χ0v) is 21.8. The van der Waals surface area contributed by atoms with Gasteiger partial charge in [-0.15, -0.1) is 0 Å². The van der Waals surface area contributed by atoms with E-state index < -0.39 is 22.2 Å². The number of hydrogen-bond donors (Lipinski definition) is 2. The number of hydrogen-bond acceptors (Lipinski definition) is 7. The lowest BCUT2D eigenvalue weighted by molar-refractivity contribution is 0.0809. The average molecular weight is 518 g/mol. The largest absolute Gasteiger partial charge is 0.487 e. The van der Waals surface area contributed by atoms with E-state index in [9.17, 15) is 18.3 Å². The standard InChI is InChI=1S/C25H35N5O5S/c1-17-13-30(18(2)15-31)36(33,34)24-9-8-19(20-11-26-16-27-12-20)10-22(24)35-23(17)14-29(3)25(32)28-21-6-4-5-7-21/h8-12,16-18,21,23,31H,4-7,13-15H2,1-3H3,(H,28,32)/t17-,18+,23-/m0/s1. The zero-order valence-electron chi connectivity index (χ0n) is 21.0. The van der Waals surface area contributed by atoms with Crippen LogP contribution in [-0.4, -0.2) is 83.7 Å². The molecule has 196 valence electrons. The van der Waals surface area contributed by atoms with Gasteiger partial charge in [-0.2, -0.15) is 4.31 Å². The van der Waals surface area contributed by atoms with Crippen molar-refractivity contribution in [3.05, 3.63) is 36.9 Å². The molecule has 1 aliphatic heterocycles. The normalized spacial score (nSPS) is 23.1. The maximum atomic E-state index is 13.6. The van der Waals surface area contributed by atoms with Crippen LogP contribution in [0.1, 0.15) is 39.5 Å². The Balaban J connectivity index is 1.68. The Kier molecular flexibility index (Phi) is 8.11. The molecule has 0 bridgehead atoms. The molecular formula is C25H35N5O5S. The molecular weight excluding hydrogens is 482 g/mol. The summed E-state index contributed by atoms with van der Waals surface area (Å²) in [5.41, 5.74) is 1.44. The number of nitrogens with zero attached hydrogens (tertiary/aromatic N) is 4. The van der Waals surface area contributed by atoms with E-state index in [2.05, 4.69) is 15.3 Å². The molecule has 0 radical (unpaired) electrons. The molecule has 36 heavy (non-hydrogen) atoms. The maximum Gasteiger partial charge on any atom is 0.317 e. The number of rotatable bonds is 6. The Hall–Kier alpha value is -2.76. The van der Waals surface area contributed by atoms with Crippen LogP contribution in [0.3, 0.4) is 0 Å². The number of urea groups is 1. The van der Waals surface area contributed by atoms with Crippen molar-refractivity contribution >= 4 is 16.1 Å². The highest BCUT2D eigenvalue weighted by molar-refractivity contribution is 7.89. The lowest BCUT2D eigenvalue weighted by atomic mass is 10.0. The van der Waals surface area contributed by atoms with Gasteiger partial charge >= 0.3 is 6.03 Å². The highest BCUT2D eigenvalue weighted by atomic mass is 32.2. The third kappa shape index (κ3) is 5.63. The Morgan fingerprint density at radius 2 is 1.94 bits per heavy atom. The highest BCUT2D eigenvalue weighted by Gasteiger charge is 2.38. The molecule has 1 aromatic heterocycles. The van der Waals surface area contributed by atoms with Gasteiger partial charge in [0.1, 0.15) is 23.1 Å². The number of aliphatic hydroxyl groups excluding tert-OH is 1. The van der Waals surface area contributed by atoms with Crippen LogP contribution < -0.4 is 10.1 Å². The number of aromatic nitrogens is 2. The van der Waals surface area contributed by atoms with Gasteiger partial charge in [0, 0.05) is 49.6 Å². The minimum Gasteiger partial charge on any atom is -0.487 e. The molecule has 3 atom stereocenters. The van der Waals surface area contributed by atoms with E-state index in [-0.39, 0.29) is 48.3 Å². The Bertz CT molecular complexity index is 1160. The molecule has 2 heterocycles. The number of sulfonamides is 1. The predicted octanol–water partition coefficient (Wildman–Crippen LogP) is 2.50. The molecule has 1 saturated carbocycles. The second kappa shape index (κ2) is 11.1. The van der Waals surface area contributed by atoms with E-state index in [4.69, 9.17) is 4.74 Å². The third-order valence-corrected chi connectivity index (χ3v) is 9.06. The summed E-state index contributed by atoms with van der Waals surface area (Å²) in [6, 6.07) is 4.31. The van der Waals surface area contributed by atoms with Crippen molar-refractivity contribution in [2.75, 3.05) is 26.7 Å². The zero-order chi connectivity index (χ0) is 25.9. The van der Waals surface area contributed by atoms with Crippen LogP contribution in [0, 0.1) is 5.92 Å². The number of fused-ring (bicyclic) bond motifs is 1. The summed E-state index contributed by atoms with van der Waals surface area (Å²) in [6.07, 6.45) is 8.46. The van der Waals surface area contributed by atoms with Crippen molar-refractivity contribution < 1.29 is 23.1 Å². The molecule has 0 saturated heterocycles. The van der Waals surface area contributed by atoms with Crippen LogP contribution in [0.15, 0.2) is 41.8 Å². The lowest BCUT2D eigenvalue weighted by Gasteiger charge is -2.37. The van der Waals surface area contributed by atoms with Gasteiger partial charge in [-0.25, -0.2) is 23.2 Å².